The lowest BCUT2D eigenvalue weighted by molar-refractivity contribution is -0.307. The smallest absolute Gasteiger partial charge is 0.165 e. The second kappa shape index (κ2) is 6.59. The Labute approximate surface area is 126 Å². The van der Waals surface area contributed by atoms with Crippen molar-refractivity contribution in [3.05, 3.63) is 59.4 Å². The molecule has 22 heavy (non-hydrogen) atoms. The number of carbonyl (C=O) groups is 1. The summed E-state index contributed by atoms with van der Waals surface area (Å²) in [6.45, 7) is 0. The van der Waals surface area contributed by atoms with Crippen LogP contribution in [-0.2, 0) is 4.79 Å². The predicted octanol–water partition coefficient (Wildman–Crippen LogP) is 1.61. The number of carbonyl (C=O) groups excluding carboxylic acids is 1. The molecule has 1 N–H and O–H groups in total. The number of hydrogen-bond acceptors (Lipinski definition) is 5. The highest BCUT2D eigenvalue weighted by molar-refractivity contribution is 5.77. The second-order valence-corrected chi connectivity index (χ2v) is 4.48. The summed E-state index contributed by atoms with van der Waals surface area (Å²) < 4.78 is 18.5. The molecular weight excluding hydrogens is 287 g/mol. The quantitative estimate of drug-likeness (QED) is 0.906. The highest BCUT2D eigenvalue weighted by atomic mass is 19.1. The fraction of sp³-hybridized carbons (Fsp3) is 0.125. The normalized spacial score (nSPS) is 11.3. The van der Waals surface area contributed by atoms with E-state index in [1.54, 1.807) is 24.3 Å². The first-order valence-electron chi connectivity index (χ1n) is 6.36. The number of aliphatic carboxylic acids is 1. The number of anilines is 1. The van der Waals surface area contributed by atoms with Crippen LogP contribution < -0.4 is 15.2 Å². The molecule has 5 nitrogen and oxygen atoms in total. The second-order valence-electron chi connectivity index (χ2n) is 4.48. The molecule has 0 saturated heterocycles. The average molecular weight is 299 g/mol. The molecular formula is C16H12FN2O3-. The van der Waals surface area contributed by atoms with Crippen molar-refractivity contribution < 1.29 is 19.0 Å². The zero-order chi connectivity index (χ0) is 16.1. The molecule has 0 heterocycles. The molecule has 0 bridgehead atoms. The Morgan fingerprint density at radius 3 is 2.50 bits per heavy atom. The van der Waals surface area contributed by atoms with Gasteiger partial charge in [-0.1, -0.05) is 6.07 Å². The van der Waals surface area contributed by atoms with Crippen LogP contribution in [0.1, 0.15) is 17.2 Å². The van der Waals surface area contributed by atoms with Gasteiger partial charge in [-0.05, 0) is 42.0 Å². The van der Waals surface area contributed by atoms with E-state index < -0.39 is 17.8 Å². The molecule has 0 aliphatic carbocycles. The maximum absolute atomic E-state index is 13.7. The lowest BCUT2D eigenvalue weighted by Crippen LogP contribution is -2.34. The first kappa shape index (κ1) is 15.3. The maximum Gasteiger partial charge on any atom is 0.165 e. The summed E-state index contributed by atoms with van der Waals surface area (Å²) in [6, 6.07) is 10.8. The first-order chi connectivity index (χ1) is 10.5. The van der Waals surface area contributed by atoms with Crippen molar-refractivity contribution in [2.24, 2.45) is 0 Å². The topological polar surface area (TPSA) is 85.2 Å². The average Bonchev–Trinajstić information content (AvgIpc) is 2.52. The summed E-state index contributed by atoms with van der Waals surface area (Å²) in [5.74, 6) is -2.03. The van der Waals surface area contributed by atoms with Gasteiger partial charge in [0.25, 0.3) is 0 Å². The Hall–Kier alpha value is -3.07. The van der Waals surface area contributed by atoms with Crippen LogP contribution in [0.4, 0.5) is 10.1 Å². The third-order valence-electron chi connectivity index (χ3n) is 3.07. The molecule has 0 aromatic heterocycles. The molecule has 2 aromatic rings. The third-order valence-corrected chi connectivity index (χ3v) is 3.07. The summed E-state index contributed by atoms with van der Waals surface area (Å²) in [7, 11) is 1.32. The number of nitrogens with zero attached hydrogens (tertiary/aromatic N) is 1. The number of nitrogens with one attached hydrogen (secondary N) is 1. The minimum Gasteiger partial charge on any atom is -0.548 e. The van der Waals surface area contributed by atoms with E-state index in [4.69, 9.17) is 10.00 Å². The van der Waals surface area contributed by atoms with Crippen LogP contribution in [0.5, 0.6) is 5.75 Å². The van der Waals surface area contributed by atoms with Gasteiger partial charge >= 0.3 is 0 Å². The van der Waals surface area contributed by atoms with Gasteiger partial charge in [0.05, 0.1) is 30.8 Å². The Morgan fingerprint density at radius 1 is 1.32 bits per heavy atom. The predicted molar refractivity (Wildman–Crippen MR) is 75.5 cm³/mol. The van der Waals surface area contributed by atoms with E-state index in [0.717, 1.165) is 6.07 Å². The number of hydrogen-bond donors (Lipinski definition) is 1. The summed E-state index contributed by atoms with van der Waals surface area (Å²) >= 11 is 0. The van der Waals surface area contributed by atoms with E-state index in [-0.39, 0.29) is 11.3 Å². The van der Waals surface area contributed by atoms with Gasteiger partial charge in [-0.15, -0.1) is 0 Å². The van der Waals surface area contributed by atoms with Gasteiger partial charge in [0, 0.05) is 5.69 Å². The maximum atomic E-state index is 13.7. The zero-order valence-electron chi connectivity index (χ0n) is 11.7. The van der Waals surface area contributed by atoms with Gasteiger partial charge in [-0.25, -0.2) is 4.39 Å². The number of nitriles is 1. The van der Waals surface area contributed by atoms with Crippen LogP contribution in [0.2, 0.25) is 0 Å². The van der Waals surface area contributed by atoms with Gasteiger partial charge < -0.3 is 20.0 Å². The van der Waals surface area contributed by atoms with Gasteiger partial charge in [0.1, 0.15) is 0 Å². The minimum absolute atomic E-state index is 0.0271. The molecule has 1 unspecified atom stereocenters. The number of carboxylic acid groups (broad SMARTS) is 1. The lowest BCUT2D eigenvalue weighted by atomic mass is 10.1. The Morgan fingerprint density at radius 2 is 2.00 bits per heavy atom. The van der Waals surface area contributed by atoms with Crippen LogP contribution in [0.15, 0.2) is 42.5 Å². The van der Waals surface area contributed by atoms with Crippen LogP contribution in [0.25, 0.3) is 0 Å². The molecule has 112 valence electrons. The molecule has 0 aliphatic heterocycles. The van der Waals surface area contributed by atoms with Crippen molar-refractivity contribution in [3.8, 4) is 11.8 Å². The molecule has 0 radical (unpaired) electrons. The number of halogens is 1. The molecule has 1 atom stereocenters. The van der Waals surface area contributed by atoms with Crippen LogP contribution >= 0.6 is 0 Å². The number of methoxy groups -OCH3 is 1. The lowest BCUT2D eigenvalue weighted by Gasteiger charge is -2.21. The fourth-order valence-electron chi connectivity index (χ4n) is 1.95. The number of ether oxygens (including phenoxy) is 1. The van der Waals surface area contributed by atoms with Crippen molar-refractivity contribution in [1.29, 1.82) is 5.26 Å². The largest absolute Gasteiger partial charge is 0.548 e. The molecule has 6 heteroatoms. The van der Waals surface area contributed by atoms with Crippen molar-refractivity contribution in [2.75, 3.05) is 12.4 Å². The van der Waals surface area contributed by atoms with E-state index in [2.05, 4.69) is 5.32 Å². The van der Waals surface area contributed by atoms with E-state index in [1.807, 2.05) is 6.07 Å². The molecule has 0 fully saturated rings. The summed E-state index contributed by atoms with van der Waals surface area (Å²) in [4.78, 5) is 11.3. The van der Waals surface area contributed by atoms with Gasteiger partial charge in [0.15, 0.2) is 11.6 Å². The minimum atomic E-state index is -1.39. The van der Waals surface area contributed by atoms with E-state index >= 15 is 0 Å². The summed E-state index contributed by atoms with van der Waals surface area (Å²) in [6.07, 6.45) is 0. The molecule has 0 amide bonds. The Balaban J connectivity index is 2.28. The van der Waals surface area contributed by atoms with Crippen LogP contribution in [0.3, 0.4) is 0 Å². The van der Waals surface area contributed by atoms with Crippen LogP contribution in [0, 0.1) is 17.1 Å². The SMILES string of the molecule is COc1ccc(C(Nc2ccc(C#N)cc2)C(=O)[O-])cc1F. The molecule has 0 saturated carbocycles. The molecule has 0 aliphatic rings. The molecule has 2 rings (SSSR count). The molecule has 2 aromatic carbocycles. The zero-order valence-corrected chi connectivity index (χ0v) is 11.7. The van der Waals surface area contributed by atoms with Gasteiger partial charge in [0.2, 0.25) is 0 Å². The van der Waals surface area contributed by atoms with Crippen molar-refractivity contribution in [1.82, 2.24) is 0 Å². The Bertz CT molecular complexity index is 723. The van der Waals surface area contributed by atoms with Crippen molar-refractivity contribution in [3.63, 3.8) is 0 Å². The number of benzene rings is 2. The van der Waals surface area contributed by atoms with Crippen LogP contribution in [-0.4, -0.2) is 13.1 Å². The van der Waals surface area contributed by atoms with E-state index in [1.165, 1.54) is 19.2 Å². The number of carboxylic acids is 1. The van der Waals surface area contributed by atoms with E-state index in [9.17, 15) is 14.3 Å². The summed E-state index contributed by atoms with van der Waals surface area (Å²) in [5.41, 5.74) is 1.12. The first-order valence-corrected chi connectivity index (χ1v) is 6.36. The van der Waals surface area contributed by atoms with E-state index in [0.29, 0.717) is 11.3 Å². The van der Waals surface area contributed by atoms with Gasteiger partial charge in [-0.2, -0.15) is 5.26 Å². The molecule has 0 spiro atoms. The fourth-order valence-corrected chi connectivity index (χ4v) is 1.95. The number of rotatable bonds is 5. The summed E-state index contributed by atoms with van der Waals surface area (Å²) in [5, 5.41) is 22.8. The Kier molecular flexibility index (Phi) is 4.59. The highest BCUT2D eigenvalue weighted by Crippen LogP contribution is 2.24. The van der Waals surface area contributed by atoms with Crippen molar-refractivity contribution >= 4 is 11.7 Å². The standard InChI is InChI=1S/C16H13FN2O3/c1-22-14-7-4-11(8-13(14)17)15(16(20)21)19-12-5-2-10(9-18)3-6-12/h2-8,15,19H,1H3,(H,20,21)/p-1. The monoisotopic (exact) mass is 299 g/mol. The highest BCUT2D eigenvalue weighted by Gasteiger charge is 2.15. The third kappa shape index (κ3) is 3.33. The van der Waals surface area contributed by atoms with Crippen molar-refractivity contribution in [2.45, 2.75) is 6.04 Å². The van der Waals surface area contributed by atoms with Gasteiger partial charge in [-0.3, -0.25) is 0 Å².